The topological polar surface area (TPSA) is 106 Å². The molecule has 0 bridgehead atoms. The van der Waals surface area contributed by atoms with Crippen LogP contribution in [0.1, 0.15) is 71.1 Å². The second-order valence-electron chi connectivity index (χ2n) is 8.48. The van der Waals surface area contributed by atoms with Gasteiger partial charge in [-0.05, 0) is 67.8 Å². The van der Waals surface area contributed by atoms with Crippen LogP contribution in [0.25, 0.3) is 5.53 Å². The largest absolute Gasteiger partial charge is 0.494 e. The normalized spacial score (nSPS) is 10.7. The number of benzene rings is 2. The summed E-state index contributed by atoms with van der Waals surface area (Å²) in [7, 11) is 0. The number of azo groups is 1. The molecule has 0 N–H and O–H groups in total. The molecular weight excluding hydrogens is 456 g/mol. The molecule has 2 aromatic rings. The lowest BCUT2D eigenvalue weighted by atomic mass is 10.1. The maximum absolute atomic E-state index is 11.0. The van der Waals surface area contributed by atoms with E-state index in [4.69, 9.17) is 19.7 Å². The smallest absolute Gasteiger partial charge is 0.413 e. The van der Waals surface area contributed by atoms with Gasteiger partial charge in [0.15, 0.2) is 0 Å². The van der Waals surface area contributed by atoms with Crippen LogP contribution in [0, 0.1) is 0 Å². The number of unbranched alkanes of at least 4 members (excludes halogenated alkanes) is 8. The molecule has 2 rings (SSSR count). The second kappa shape index (κ2) is 18.8. The monoisotopic (exact) mass is 494 g/mol. The Morgan fingerprint density at radius 3 is 1.64 bits per heavy atom. The van der Waals surface area contributed by atoms with Crippen molar-refractivity contribution < 1.29 is 23.8 Å². The SMILES string of the molecule is CCCCOc1ccc(N=Nc2ccc(OCCCCCCCCCCOC(=O)C=[N+]=[N-])cc2)cc1. The van der Waals surface area contributed by atoms with Crippen LogP contribution in [-0.4, -0.2) is 36.8 Å². The lowest BCUT2D eigenvalue weighted by Gasteiger charge is -2.06. The van der Waals surface area contributed by atoms with Gasteiger partial charge in [-0.3, -0.25) is 0 Å². The first kappa shape index (κ1) is 28.7. The van der Waals surface area contributed by atoms with Crippen LogP contribution in [0.15, 0.2) is 58.8 Å². The van der Waals surface area contributed by atoms with Gasteiger partial charge in [-0.2, -0.15) is 15.0 Å². The molecule has 8 nitrogen and oxygen atoms in total. The van der Waals surface area contributed by atoms with E-state index in [0.29, 0.717) is 13.2 Å². The molecular formula is C28H38N4O4. The summed E-state index contributed by atoms with van der Waals surface area (Å²) >= 11 is 0. The third-order valence-electron chi connectivity index (χ3n) is 5.44. The van der Waals surface area contributed by atoms with Gasteiger partial charge in [0.05, 0.1) is 31.2 Å². The second-order valence-corrected chi connectivity index (χ2v) is 8.48. The van der Waals surface area contributed by atoms with Gasteiger partial charge >= 0.3 is 12.2 Å². The molecule has 0 aliphatic carbocycles. The Morgan fingerprint density at radius 2 is 1.17 bits per heavy atom. The molecule has 0 amide bonds. The van der Waals surface area contributed by atoms with E-state index in [2.05, 4.69) is 21.9 Å². The summed E-state index contributed by atoms with van der Waals surface area (Å²) in [5.41, 5.74) is 9.78. The molecule has 0 saturated heterocycles. The fourth-order valence-electron chi connectivity index (χ4n) is 3.38. The quantitative estimate of drug-likeness (QED) is 0.0658. The van der Waals surface area contributed by atoms with Crippen molar-refractivity contribution in [2.24, 2.45) is 10.2 Å². The third-order valence-corrected chi connectivity index (χ3v) is 5.44. The standard InChI is InChI=1S/C28H38N4O4/c1-2-3-20-34-26-16-12-24(13-17-26)31-32-25-14-18-27(19-15-25)35-21-10-8-6-4-5-7-9-11-22-36-28(33)23-30-29/h12-19,23H,2-11,20-22H2,1H3. The molecule has 0 spiro atoms. The first-order valence-corrected chi connectivity index (χ1v) is 12.9. The maximum atomic E-state index is 11.0. The number of nitrogens with zero attached hydrogens (tertiary/aromatic N) is 4. The van der Waals surface area contributed by atoms with E-state index in [-0.39, 0.29) is 0 Å². The van der Waals surface area contributed by atoms with E-state index >= 15 is 0 Å². The van der Waals surface area contributed by atoms with Crippen molar-refractivity contribution in [1.29, 1.82) is 0 Å². The molecule has 0 heterocycles. The highest BCUT2D eigenvalue weighted by Gasteiger charge is 2.02. The highest BCUT2D eigenvalue weighted by molar-refractivity contribution is 6.20. The molecule has 0 unspecified atom stereocenters. The van der Waals surface area contributed by atoms with Crippen LogP contribution in [-0.2, 0) is 9.53 Å². The molecule has 0 fully saturated rings. The third kappa shape index (κ3) is 13.4. The van der Waals surface area contributed by atoms with Crippen LogP contribution in [0.4, 0.5) is 11.4 Å². The minimum absolute atomic E-state index is 0.370. The Hall–Kier alpha value is -3.51. The highest BCUT2D eigenvalue weighted by atomic mass is 16.5. The molecule has 0 radical (unpaired) electrons. The van der Waals surface area contributed by atoms with Crippen molar-refractivity contribution in [2.45, 2.75) is 71.1 Å². The number of ether oxygens (including phenoxy) is 3. The van der Waals surface area contributed by atoms with Gasteiger partial charge < -0.3 is 19.7 Å². The first-order valence-electron chi connectivity index (χ1n) is 12.9. The lowest BCUT2D eigenvalue weighted by molar-refractivity contribution is -0.139. The van der Waals surface area contributed by atoms with E-state index in [1.165, 1.54) is 19.3 Å². The Kier molecular flexibility index (Phi) is 15.0. The van der Waals surface area contributed by atoms with E-state index in [0.717, 1.165) is 80.6 Å². The molecule has 2 aromatic carbocycles. The summed E-state index contributed by atoms with van der Waals surface area (Å²) in [6, 6.07) is 15.3. The van der Waals surface area contributed by atoms with Crippen molar-refractivity contribution in [3.8, 4) is 11.5 Å². The molecule has 194 valence electrons. The van der Waals surface area contributed by atoms with Crippen LogP contribution in [0.2, 0.25) is 0 Å². The van der Waals surface area contributed by atoms with Gasteiger partial charge in [-0.15, -0.1) is 0 Å². The lowest BCUT2D eigenvalue weighted by Crippen LogP contribution is -2.07. The summed E-state index contributed by atoms with van der Waals surface area (Å²) in [5.74, 6) is 1.09. The van der Waals surface area contributed by atoms with Crippen molar-refractivity contribution in [2.75, 3.05) is 19.8 Å². The fourth-order valence-corrected chi connectivity index (χ4v) is 3.38. The number of hydrogen-bond donors (Lipinski definition) is 0. The van der Waals surface area contributed by atoms with Crippen molar-refractivity contribution in [3.05, 3.63) is 54.1 Å². The summed E-state index contributed by atoms with van der Waals surface area (Å²) < 4.78 is 16.4. The molecule has 0 saturated carbocycles. The molecule has 0 atom stereocenters. The van der Waals surface area contributed by atoms with Crippen molar-refractivity contribution in [1.82, 2.24) is 0 Å². The van der Waals surface area contributed by atoms with Crippen LogP contribution in [0.3, 0.4) is 0 Å². The predicted molar refractivity (Wildman–Crippen MR) is 141 cm³/mol. The average Bonchev–Trinajstić information content (AvgIpc) is 2.90. The highest BCUT2D eigenvalue weighted by Crippen LogP contribution is 2.23. The van der Waals surface area contributed by atoms with Gasteiger partial charge in [-0.25, -0.2) is 4.79 Å². The number of rotatable bonds is 19. The average molecular weight is 495 g/mol. The van der Waals surface area contributed by atoms with Gasteiger partial charge in [-0.1, -0.05) is 51.9 Å². The first-order chi connectivity index (χ1) is 17.7. The van der Waals surface area contributed by atoms with Crippen molar-refractivity contribution >= 4 is 23.6 Å². The van der Waals surface area contributed by atoms with Crippen molar-refractivity contribution in [3.63, 3.8) is 0 Å². The van der Waals surface area contributed by atoms with E-state index < -0.39 is 5.97 Å². The molecule has 0 aliphatic heterocycles. The molecule has 36 heavy (non-hydrogen) atoms. The van der Waals surface area contributed by atoms with E-state index in [1.54, 1.807) is 0 Å². The van der Waals surface area contributed by atoms with Crippen LogP contribution < -0.4 is 9.47 Å². The van der Waals surface area contributed by atoms with Gasteiger partial charge in [0, 0.05) is 0 Å². The van der Waals surface area contributed by atoms with Gasteiger partial charge in [0.1, 0.15) is 11.5 Å². The van der Waals surface area contributed by atoms with E-state index in [9.17, 15) is 4.79 Å². The Morgan fingerprint density at radius 1 is 0.722 bits per heavy atom. The minimum atomic E-state index is -0.605. The summed E-state index contributed by atoms with van der Waals surface area (Å²) in [4.78, 5) is 13.6. The van der Waals surface area contributed by atoms with Gasteiger partial charge in [0.2, 0.25) is 0 Å². The summed E-state index contributed by atoms with van der Waals surface area (Å²) in [6.45, 7) is 3.95. The zero-order valence-electron chi connectivity index (χ0n) is 21.3. The van der Waals surface area contributed by atoms with Gasteiger partial charge in [0.25, 0.3) is 0 Å². The Balaban J connectivity index is 1.50. The minimum Gasteiger partial charge on any atom is -0.494 e. The van der Waals surface area contributed by atoms with E-state index in [1.807, 2.05) is 48.5 Å². The fraction of sp³-hybridized carbons (Fsp3) is 0.500. The predicted octanol–water partition coefficient (Wildman–Crippen LogP) is 7.62. The molecule has 8 heteroatoms. The van der Waals surface area contributed by atoms with Crippen LogP contribution >= 0.6 is 0 Å². The summed E-state index contributed by atoms with van der Waals surface area (Å²) in [5, 5.41) is 8.58. The molecule has 0 aromatic heterocycles. The zero-order valence-corrected chi connectivity index (χ0v) is 21.3. The summed E-state index contributed by atoms with van der Waals surface area (Å²) in [6.07, 6.45) is 11.7. The Labute approximate surface area is 214 Å². The number of carbonyl (C=O) groups is 1. The zero-order chi connectivity index (χ0) is 25.7. The number of carbonyl (C=O) groups excluding carboxylic acids is 1. The number of esters is 1. The van der Waals surface area contributed by atoms with Crippen LogP contribution in [0.5, 0.6) is 11.5 Å². The number of hydrogen-bond acceptors (Lipinski definition) is 6. The molecule has 0 aliphatic rings. The Bertz CT molecular complexity index is 939. The maximum Gasteiger partial charge on any atom is 0.413 e.